The maximum atomic E-state index is 5.46. The van der Waals surface area contributed by atoms with Gasteiger partial charge >= 0.3 is 0 Å². The lowest BCUT2D eigenvalue weighted by Crippen LogP contribution is -3.14. The molecule has 0 amide bonds. The van der Waals surface area contributed by atoms with E-state index in [0.717, 1.165) is 73.2 Å². The third-order valence-corrected chi connectivity index (χ3v) is 5.81. The highest BCUT2D eigenvalue weighted by molar-refractivity contribution is 5.81. The molecule has 0 aliphatic carbocycles. The zero-order valence-electron chi connectivity index (χ0n) is 18.7. The first kappa shape index (κ1) is 20.8. The second-order valence-electron chi connectivity index (χ2n) is 9.23. The van der Waals surface area contributed by atoms with Gasteiger partial charge in [0.25, 0.3) is 0 Å². The number of aromatic nitrogens is 3. The fourth-order valence-electron chi connectivity index (χ4n) is 4.04. The van der Waals surface area contributed by atoms with E-state index in [1.165, 1.54) is 6.54 Å². The van der Waals surface area contributed by atoms with Gasteiger partial charge in [0.1, 0.15) is 18.9 Å². The van der Waals surface area contributed by atoms with E-state index in [9.17, 15) is 0 Å². The fourth-order valence-corrected chi connectivity index (χ4v) is 4.04. The van der Waals surface area contributed by atoms with E-state index in [0.29, 0.717) is 0 Å². The lowest BCUT2D eigenvalue weighted by molar-refractivity contribution is -0.908. The van der Waals surface area contributed by atoms with Crippen LogP contribution < -0.4 is 10.2 Å². The monoisotopic (exact) mass is 408 g/mol. The van der Waals surface area contributed by atoms with E-state index >= 15 is 0 Å². The molecule has 30 heavy (non-hydrogen) atoms. The molecule has 3 aromatic rings. The summed E-state index contributed by atoms with van der Waals surface area (Å²) in [6, 6.07) is 12.6. The number of quaternary nitrogens is 1. The maximum absolute atomic E-state index is 5.46. The van der Waals surface area contributed by atoms with Crippen molar-refractivity contribution in [1.29, 1.82) is 0 Å². The van der Waals surface area contributed by atoms with E-state index in [2.05, 4.69) is 63.3 Å². The number of anilines is 1. The molecule has 2 aromatic heterocycles. The van der Waals surface area contributed by atoms with Crippen LogP contribution in [0.5, 0.6) is 0 Å². The van der Waals surface area contributed by atoms with Gasteiger partial charge in [0.2, 0.25) is 0 Å². The standard InChI is InChI=1S/C24H33N5O/c1-18-22(19-9-6-5-7-10-19)23-26-20(24(2,3)4)17-21(29(23)27-18)25-11-8-12-28-13-15-30-16-14-28/h5-7,9-10,17,25H,8,11-16H2,1-4H3/p+1. The van der Waals surface area contributed by atoms with Gasteiger partial charge in [-0.1, -0.05) is 51.1 Å². The third-order valence-electron chi connectivity index (χ3n) is 5.81. The Labute approximate surface area is 179 Å². The third kappa shape index (κ3) is 4.50. The predicted octanol–water partition coefficient (Wildman–Crippen LogP) is 2.72. The van der Waals surface area contributed by atoms with Crippen molar-refractivity contribution in [3.63, 3.8) is 0 Å². The van der Waals surface area contributed by atoms with Crippen LogP contribution in [0, 0.1) is 6.92 Å². The van der Waals surface area contributed by atoms with Crippen molar-refractivity contribution < 1.29 is 9.64 Å². The Morgan fingerprint density at radius 1 is 1.13 bits per heavy atom. The molecule has 1 aliphatic rings. The molecule has 0 atom stereocenters. The van der Waals surface area contributed by atoms with Crippen LogP contribution in [0.15, 0.2) is 36.4 Å². The Hall–Kier alpha value is -2.44. The molecule has 160 valence electrons. The van der Waals surface area contributed by atoms with E-state index in [1.807, 2.05) is 10.6 Å². The van der Waals surface area contributed by atoms with Gasteiger partial charge in [0.05, 0.1) is 31.1 Å². The SMILES string of the molecule is Cc1nn2c(NCCC[NH+]3CCOCC3)cc(C(C)(C)C)nc2c1-c1ccccc1. The quantitative estimate of drug-likeness (QED) is 0.616. The van der Waals surface area contributed by atoms with Crippen molar-refractivity contribution >= 4 is 11.5 Å². The Morgan fingerprint density at radius 2 is 1.87 bits per heavy atom. The molecule has 4 rings (SSSR count). The van der Waals surface area contributed by atoms with E-state index < -0.39 is 0 Å². The molecule has 6 heteroatoms. The number of rotatable bonds is 6. The van der Waals surface area contributed by atoms with Gasteiger partial charge in [-0.3, -0.25) is 0 Å². The van der Waals surface area contributed by atoms with E-state index in [1.54, 1.807) is 4.90 Å². The summed E-state index contributed by atoms with van der Waals surface area (Å²) in [5, 5.41) is 8.50. The lowest BCUT2D eigenvalue weighted by atomic mass is 9.92. The summed E-state index contributed by atoms with van der Waals surface area (Å²) in [6.07, 6.45) is 1.12. The van der Waals surface area contributed by atoms with Crippen molar-refractivity contribution in [1.82, 2.24) is 14.6 Å². The molecule has 0 radical (unpaired) electrons. The molecule has 2 N–H and O–H groups in total. The zero-order chi connectivity index (χ0) is 21.1. The van der Waals surface area contributed by atoms with E-state index in [-0.39, 0.29) is 5.41 Å². The highest BCUT2D eigenvalue weighted by Crippen LogP contribution is 2.31. The maximum Gasteiger partial charge on any atom is 0.165 e. The van der Waals surface area contributed by atoms with E-state index in [4.69, 9.17) is 14.8 Å². The molecule has 0 spiro atoms. The topological polar surface area (TPSA) is 55.9 Å². The molecule has 1 aromatic carbocycles. The minimum atomic E-state index is -0.0394. The van der Waals surface area contributed by atoms with Gasteiger partial charge in [0.15, 0.2) is 5.65 Å². The second kappa shape index (κ2) is 8.74. The first-order valence-corrected chi connectivity index (χ1v) is 11.0. The van der Waals surface area contributed by atoms with Crippen molar-refractivity contribution in [2.24, 2.45) is 0 Å². The van der Waals surface area contributed by atoms with Crippen LogP contribution in [0.1, 0.15) is 38.6 Å². The van der Waals surface area contributed by atoms with Gasteiger partial charge in [-0.2, -0.15) is 9.61 Å². The first-order valence-electron chi connectivity index (χ1n) is 11.0. The molecule has 0 unspecified atom stereocenters. The van der Waals surface area contributed by atoms with Gasteiger partial charge in [-0.25, -0.2) is 4.98 Å². The van der Waals surface area contributed by atoms with Crippen molar-refractivity contribution in [3.8, 4) is 11.1 Å². The number of morpholine rings is 1. The Bertz CT molecular complexity index is 984. The summed E-state index contributed by atoms with van der Waals surface area (Å²) in [4.78, 5) is 6.69. The first-order chi connectivity index (χ1) is 14.4. The fraction of sp³-hybridized carbons (Fsp3) is 0.500. The zero-order valence-corrected chi connectivity index (χ0v) is 18.7. The predicted molar refractivity (Wildman–Crippen MR) is 121 cm³/mol. The number of benzene rings is 1. The number of hydrogen-bond acceptors (Lipinski definition) is 4. The average Bonchev–Trinajstić information content (AvgIpc) is 3.08. The summed E-state index contributed by atoms with van der Waals surface area (Å²) in [5.41, 5.74) is 5.23. The normalized spacial score (nSPS) is 15.6. The second-order valence-corrected chi connectivity index (χ2v) is 9.23. The number of hydrogen-bond donors (Lipinski definition) is 2. The molecule has 1 aliphatic heterocycles. The summed E-state index contributed by atoms with van der Waals surface area (Å²) >= 11 is 0. The summed E-state index contributed by atoms with van der Waals surface area (Å²) < 4.78 is 7.44. The molecule has 6 nitrogen and oxygen atoms in total. The molecular weight excluding hydrogens is 374 g/mol. The van der Waals surface area contributed by atoms with Gasteiger partial charge in [-0.15, -0.1) is 0 Å². The Balaban J connectivity index is 1.63. The number of nitrogens with one attached hydrogen (secondary N) is 2. The molecule has 1 saturated heterocycles. The van der Waals surface area contributed by atoms with Crippen molar-refractivity contribution in [3.05, 3.63) is 47.8 Å². The summed E-state index contributed by atoms with van der Waals surface area (Å²) in [5.74, 6) is 1.02. The van der Waals surface area contributed by atoms with Crippen molar-refractivity contribution in [2.75, 3.05) is 44.7 Å². The van der Waals surface area contributed by atoms with Crippen LogP contribution in [-0.2, 0) is 10.2 Å². The number of nitrogens with zero attached hydrogens (tertiary/aromatic N) is 3. The lowest BCUT2D eigenvalue weighted by Gasteiger charge is -2.24. The van der Waals surface area contributed by atoms with Crippen LogP contribution in [0.3, 0.4) is 0 Å². The molecule has 3 heterocycles. The Kier molecular flexibility index (Phi) is 6.06. The van der Waals surface area contributed by atoms with Crippen LogP contribution in [0.2, 0.25) is 0 Å². The van der Waals surface area contributed by atoms with Gasteiger partial charge in [0, 0.05) is 30.0 Å². The highest BCUT2D eigenvalue weighted by Gasteiger charge is 2.22. The minimum absolute atomic E-state index is 0.0394. The average molecular weight is 409 g/mol. The minimum Gasteiger partial charge on any atom is -0.370 e. The molecule has 1 fully saturated rings. The van der Waals surface area contributed by atoms with Crippen LogP contribution in [-0.4, -0.2) is 54.0 Å². The molecule has 0 saturated carbocycles. The summed E-state index contributed by atoms with van der Waals surface area (Å²) in [6.45, 7) is 14.8. The largest absolute Gasteiger partial charge is 0.370 e. The smallest absolute Gasteiger partial charge is 0.165 e. The van der Waals surface area contributed by atoms with Crippen molar-refractivity contribution in [2.45, 2.75) is 39.5 Å². The van der Waals surface area contributed by atoms with Gasteiger partial charge < -0.3 is 15.0 Å². The van der Waals surface area contributed by atoms with Crippen LogP contribution >= 0.6 is 0 Å². The Morgan fingerprint density at radius 3 is 2.57 bits per heavy atom. The summed E-state index contributed by atoms with van der Waals surface area (Å²) in [7, 11) is 0. The molecule has 0 bridgehead atoms. The van der Waals surface area contributed by atoms with Crippen LogP contribution in [0.4, 0.5) is 5.82 Å². The molecular formula is C24H34N5O+. The number of ether oxygens (including phenoxy) is 1. The van der Waals surface area contributed by atoms with Gasteiger partial charge in [-0.05, 0) is 12.5 Å². The highest BCUT2D eigenvalue weighted by atomic mass is 16.5. The number of fused-ring (bicyclic) bond motifs is 1. The number of aryl methyl sites for hydroxylation is 1. The van der Waals surface area contributed by atoms with Crippen LogP contribution in [0.25, 0.3) is 16.8 Å².